The zero-order chi connectivity index (χ0) is 15.1. The van der Waals surface area contributed by atoms with Crippen molar-refractivity contribution >= 4 is 17.4 Å². The van der Waals surface area contributed by atoms with E-state index in [0.29, 0.717) is 19.0 Å². The van der Waals surface area contributed by atoms with Gasteiger partial charge >= 0.3 is 0 Å². The standard InChI is InChI=1S/C16H20ClN3O/c1-3-8-18-15-9-12(2)19-16(20-15)11-21-10-13-4-6-14(17)7-5-13/h4-7,9H,3,8,10-11H2,1-2H3,(H,18,19,20). The third-order valence-electron chi connectivity index (χ3n) is 2.87. The summed E-state index contributed by atoms with van der Waals surface area (Å²) in [5.74, 6) is 1.55. The van der Waals surface area contributed by atoms with Crippen molar-refractivity contribution in [2.24, 2.45) is 0 Å². The van der Waals surface area contributed by atoms with Crippen molar-refractivity contribution < 1.29 is 4.74 Å². The highest BCUT2D eigenvalue weighted by Crippen LogP contribution is 2.11. The zero-order valence-electron chi connectivity index (χ0n) is 12.4. The Balaban J connectivity index is 1.90. The van der Waals surface area contributed by atoms with Crippen molar-refractivity contribution in [3.05, 3.63) is 52.4 Å². The summed E-state index contributed by atoms with van der Waals surface area (Å²) in [5, 5.41) is 4.00. The van der Waals surface area contributed by atoms with E-state index in [4.69, 9.17) is 16.3 Å². The Kier molecular flexibility index (Phi) is 5.96. The van der Waals surface area contributed by atoms with E-state index in [1.165, 1.54) is 0 Å². The third-order valence-corrected chi connectivity index (χ3v) is 3.12. The van der Waals surface area contributed by atoms with Gasteiger partial charge in [-0.15, -0.1) is 0 Å². The van der Waals surface area contributed by atoms with Gasteiger partial charge in [0.15, 0.2) is 5.82 Å². The number of aromatic nitrogens is 2. The zero-order valence-corrected chi connectivity index (χ0v) is 13.2. The molecular formula is C16H20ClN3O. The van der Waals surface area contributed by atoms with Crippen LogP contribution in [0, 0.1) is 6.92 Å². The van der Waals surface area contributed by atoms with Crippen LogP contribution >= 0.6 is 11.6 Å². The van der Waals surface area contributed by atoms with E-state index in [0.717, 1.165) is 35.1 Å². The van der Waals surface area contributed by atoms with E-state index in [1.54, 1.807) is 0 Å². The predicted molar refractivity (Wildman–Crippen MR) is 85.5 cm³/mol. The molecule has 5 heteroatoms. The number of hydrogen-bond donors (Lipinski definition) is 1. The summed E-state index contributed by atoms with van der Waals surface area (Å²) in [6.45, 7) is 5.90. The molecule has 4 nitrogen and oxygen atoms in total. The van der Waals surface area contributed by atoms with Crippen molar-refractivity contribution in [2.75, 3.05) is 11.9 Å². The predicted octanol–water partition coefficient (Wildman–Crippen LogP) is 3.98. The van der Waals surface area contributed by atoms with Crippen molar-refractivity contribution in [1.29, 1.82) is 0 Å². The highest BCUT2D eigenvalue weighted by atomic mass is 35.5. The average molecular weight is 306 g/mol. The summed E-state index contributed by atoms with van der Waals surface area (Å²) >= 11 is 5.85. The van der Waals surface area contributed by atoms with Gasteiger partial charge in [-0.1, -0.05) is 30.7 Å². The van der Waals surface area contributed by atoms with Gasteiger partial charge < -0.3 is 10.1 Å². The molecule has 0 spiro atoms. The summed E-state index contributed by atoms with van der Waals surface area (Å²) < 4.78 is 5.66. The average Bonchev–Trinajstić information content (AvgIpc) is 2.47. The van der Waals surface area contributed by atoms with Crippen LogP contribution < -0.4 is 5.32 Å². The van der Waals surface area contributed by atoms with Gasteiger partial charge in [-0.2, -0.15) is 0 Å². The lowest BCUT2D eigenvalue weighted by molar-refractivity contribution is 0.102. The van der Waals surface area contributed by atoms with Crippen LogP contribution in [0.2, 0.25) is 5.02 Å². The van der Waals surface area contributed by atoms with Crippen LogP contribution in [0.15, 0.2) is 30.3 Å². The van der Waals surface area contributed by atoms with Crippen LogP contribution in [-0.4, -0.2) is 16.5 Å². The largest absolute Gasteiger partial charge is 0.370 e. The lowest BCUT2D eigenvalue weighted by atomic mass is 10.2. The second kappa shape index (κ2) is 7.96. The van der Waals surface area contributed by atoms with Gasteiger partial charge in [0.1, 0.15) is 12.4 Å². The van der Waals surface area contributed by atoms with Crippen LogP contribution in [0.3, 0.4) is 0 Å². The van der Waals surface area contributed by atoms with Gasteiger partial charge in [0.25, 0.3) is 0 Å². The fourth-order valence-corrected chi connectivity index (χ4v) is 2.00. The summed E-state index contributed by atoms with van der Waals surface area (Å²) in [6.07, 6.45) is 1.06. The number of nitrogens with zero attached hydrogens (tertiary/aromatic N) is 2. The Morgan fingerprint density at radius 3 is 2.62 bits per heavy atom. The van der Waals surface area contributed by atoms with Gasteiger partial charge in [-0.25, -0.2) is 9.97 Å². The molecule has 0 aliphatic heterocycles. The molecule has 0 atom stereocenters. The molecule has 1 aromatic carbocycles. The molecule has 0 saturated carbocycles. The van der Waals surface area contributed by atoms with Gasteiger partial charge in [0, 0.05) is 23.3 Å². The highest BCUT2D eigenvalue weighted by Gasteiger charge is 2.03. The van der Waals surface area contributed by atoms with Crippen LogP contribution in [0.4, 0.5) is 5.82 Å². The molecule has 2 rings (SSSR count). The number of nitrogens with one attached hydrogen (secondary N) is 1. The van der Waals surface area contributed by atoms with Gasteiger partial charge in [0.05, 0.1) is 6.61 Å². The first-order valence-electron chi connectivity index (χ1n) is 7.08. The van der Waals surface area contributed by atoms with E-state index in [9.17, 15) is 0 Å². The Morgan fingerprint density at radius 1 is 1.14 bits per heavy atom. The summed E-state index contributed by atoms with van der Waals surface area (Å²) in [5.41, 5.74) is 2.02. The van der Waals surface area contributed by atoms with Gasteiger partial charge in [-0.05, 0) is 31.0 Å². The van der Waals surface area contributed by atoms with Crippen LogP contribution in [0.1, 0.15) is 30.4 Å². The van der Waals surface area contributed by atoms with Gasteiger partial charge in [-0.3, -0.25) is 0 Å². The summed E-state index contributed by atoms with van der Waals surface area (Å²) in [6, 6.07) is 9.56. The number of rotatable bonds is 7. The van der Waals surface area contributed by atoms with Crippen LogP contribution in [0.25, 0.3) is 0 Å². The SMILES string of the molecule is CCCNc1cc(C)nc(COCc2ccc(Cl)cc2)n1. The lowest BCUT2D eigenvalue weighted by Crippen LogP contribution is -2.07. The van der Waals surface area contributed by atoms with Crippen molar-refractivity contribution in [3.63, 3.8) is 0 Å². The van der Waals surface area contributed by atoms with E-state index >= 15 is 0 Å². The van der Waals surface area contributed by atoms with Crippen molar-refractivity contribution in [3.8, 4) is 0 Å². The second-order valence-corrected chi connectivity index (χ2v) is 5.29. The van der Waals surface area contributed by atoms with E-state index in [-0.39, 0.29) is 0 Å². The molecule has 0 bridgehead atoms. The first-order chi connectivity index (χ1) is 10.2. The quantitative estimate of drug-likeness (QED) is 0.840. The number of benzene rings is 1. The third kappa shape index (κ3) is 5.33. The maximum Gasteiger partial charge on any atom is 0.156 e. The maximum absolute atomic E-state index is 5.85. The van der Waals surface area contributed by atoms with Crippen molar-refractivity contribution in [2.45, 2.75) is 33.5 Å². The van der Waals surface area contributed by atoms with E-state index < -0.39 is 0 Å². The van der Waals surface area contributed by atoms with Gasteiger partial charge in [0.2, 0.25) is 0 Å². The molecule has 0 fully saturated rings. The first kappa shape index (κ1) is 15.7. The molecule has 0 aliphatic rings. The minimum Gasteiger partial charge on any atom is -0.370 e. The minimum atomic E-state index is 0.394. The van der Waals surface area contributed by atoms with Crippen molar-refractivity contribution in [1.82, 2.24) is 9.97 Å². The second-order valence-electron chi connectivity index (χ2n) is 4.86. The van der Waals surface area contributed by atoms with E-state index in [2.05, 4.69) is 22.2 Å². The number of ether oxygens (including phenoxy) is 1. The highest BCUT2D eigenvalue weighted by molar-refractivity contribution is 6.30. The fraction of sp³-hybridized carbons (Fsp3) is 0.375. The number of hydrogen-bond acceptors (Lipinski definition) is 4. The monoisotopic (exact) mass is 305 g/mol. The molecule has 0 radical (unpaired) electrons. The molecule has 112 valence electrons. The smallest absolute Gasteiger partial charge is 0.156 e. The maximum atomic E-state index is 5.85. The molecule has 1 heterocycles. The lowest BCUT2D eigenvalue weighted by Gasteiger charge is -2.08. The van der Waals surface area contributed by atoms with Crippen LogP contribution in [-0.2, 0) is 18.0 Å². The molecule has 0 amide bonds. The fourth-order valence-electron chi connectivity index (χ4n) is 1.88. The van der Waals surface area contributed by atoms with E-state index in [1.807, 2.05) is 37.3 Å². The summed E-state index contributed by atoms with van der Waals surface area (Å²) in [7, 11) is 0. The first-order valence-corrected chi connectivity index (χ1v) is 7.46. The summed E-state index contributed by atoms with van der Waals surface area (Å²) in [4.78, 5) is 8.84. The van der Waals surface area contributed by atoms with Crippen LogP contribution in [0.5, 0.6) is 0 Å². The Bertz CT molecular complexity index is 572. The number of aryl methyl sites for hydroxylation is 1. The normalized spacial score (nSPS) is 10.6. The molecule has 0 saturated heterocycles. The topological polar surface area (TPSA) is 47.0 Å². The molecule has 1 N–H and O–H groups in total. The molecule has 0 unspecified atom stereocenters. The molecular weight excluding hydrogens is 286 g/mol. The molecule has 2 aromatic rings. The molecule has 0 aliphatic carbocycles. The number of halogens is 1. The molecule has 21 heavy (non-hydrogen) atoms. The molecule has 1 aromatic heterocycles. The minimum absolute atomic E-state index is 0.394. The Morgan fingerprint density at radius 2 is 1.90 bits per heavy atom. The Hall–Kier alpha value is -1.65. The number of anilines is 1. The Labute approximate surface area is 130 Å².